The molecule has 13 heteroatoms. The zero-order chi connectivity index (χ0) is 13.9. The van der Waals surface area contributed by atoms with Gasteiger partial charge in [-0.2, -0.15) is 0 Å². The number of urea groups is 1. The molecule has 0 N–H and O–H groups in total. The van der Waals surface area contributed by atoms with Crippen molar-refractivity contribution >= 4 is 17.8 Å². The highest BCUT2D eigenvalue weighted by Crippen LogP contribution is 2.11. The first-order chi connectivity index (χ1) is 8.34. The van der Waals surface area contributed by atoms with Gasteiger partial charge in [0.15, 0.2) is 13.5 Å². The minimum Gasteiger partial charge on any atom is -0.292 e. The molecule has 0 atom stereocenters. The van der Waals surface area contributed by atoms with Gasteiger partial charge in [0, 0.05) is 0 Å². The van der Waals surface area contributed by atoms with E-state index < -0.39 is 41.5 Å². The van der Waals surface area contributed by atoms with Crippen LogP contribution in [0.25, 0.3) is 0 Å². The molecule has 1 saturated heterocycles. The fourth-order valence-corrected chi connectivity index (χ4v) is 0.988. The predicted octanol–water partition coefficient (Wildman–Crippen LogP) is -1.89. The van der Waals surface area contributed by atoms with Crippen LogP contribution in [0.4, 0.5) is 4.79 Å². The molecule has 1 aliphatic heterocycles. The van der Waals surface area contributed by atoms with E-state index in [1.807, 2.05) is 0 Å². The summed E-state index contributed by atoms with van der Waals surface area (Å²) in [5.41, 5.74) is 0. The van der Waals surface area contributed by atoms with Gasteiger partial charge in [-0.3, -0.25) is 19.3 Å². The number of hydrogen-bond donors (Lipinski definition) is 0. The Morgan fingerprint density at radius 2 is 1.22 bits per heavy atom. The molecule has 0 aromatic rings. The normalized spacial score (nSPS) is 15.0. The average molecular weight is 264 g/mol. The summed E-state index contributed by atoms with van der Waals surface area (Å²) in [5.74, 6) is -2.82. The number of carbonyl (C=O) groups is 3. The maximum absolute atomic E-state index is 11.4. The molecule has 0 unspecified atom stereocenters. The maximum Gasteiger partial charge on any atom is 0.337 e. The zero-order valence-corrected chi connectivity index (χ0v) is 8.38. The van der Waals surface area contributed by atoms with Crippen molar-refractivity contribution in [1.29, 1.82) is 0 Å². The molecular weight excluding hydrogens is 260 g/mol. The highest BCUT2D eigenvalue weighted by atomic mass is 17.0. The fraction of sp³-hybridized carbons (Fsp3) is 0.400. The van der Waals surface area contributed by atoms with E-state index in [9.17, 15) is 34.6 Å². The second-order valence-electron chi connectivity index (χ2n) is 2.71. The Hall–Kier alpha value is -2.99. The summed E-state index contributed by atoms with van der Waals surface area (Å²) in [7, 11) is 0. The van der Waals surface area contributed by atoms with Gasteiger partial charge < -0.3 is 0 Å². The molecule has 1 rings (SSSR count). The van der Waals surface area contributed by atoms with Crippen molar-refractivity contribution in [3.8, 4) is 0 Å². The summed E-state index contributed by atoms with van der Waals surface area (Å²) in [4.78, 5) is 61.1. The quantitative estimate of drug-likeness (QED) is 0.231. The Bertz CT molecular complexity index is 395. The Balaban J connectivity index is 2.70. The first-order valence-electron chi connectivity index (χ1n) is 4.06. The van der Waals surface area contributed by atoms with Gasteiger partial charge in [-0.1, -0.05) is 0 Å². The third kappa shape index (κ3) is 2.57. The number of nitrogens with zero attached hydrogens (tertiary/aromatic N) is 4. The van der Waals surface area contributed by atoms with Crippen LogP contribution in [0.5, 0.6) is 0 Å². The van der Waals surface area contributed by atoms with Gasteiger partial charge in [-0.05, 0) is 0 Å². The summed E-state index contributed by atoms with van der Waals surface area (Å²) in [6.07, 6.45) is 0. The monoisotopic (exact) mass is 264 g/mol. The zero-order valence-electron chi connectivity index (χ0n) is 8.38. The first-order valence-corrected chi connectivity index (χ1v) is 4.06. The van der Waals surface area contributed by atoms with E-state index in [0.717, 1.165) is 0 Å². The van der Waals surface area contributed by atoms with E-state index in [0.29, 0.717) is 0 Å². The largest absolute Gasteiger partial charge is 0.337 e. The van der Waals surface area contributed by atoms with Crippen molar-refractivity contribution in [1.82, 2.24) is 9.80 Å². The smallest absolute Gasteiger partial charge is 0.292 e. The second-order valence-corrected chi connectivity index (χ2v) is 2.71. The minimum absolute atomic E-state index is 0.106. The molecule has 1 heterocycles. The second kappa shape index (κ2) is 4.89. The summed E-state index contributed by atoms with van der Waals surface area (Å²) >= 11 is 0. The van der Waals surface area contributed by atoms with Crippen LogP contribution in [0, 0.1) is 20.2 Å². The van der Waals surface area contributed by atoms with E-state index in [1.54, 1.807) is 0 Å². The molecule has 13 nitrogen and oxygen atoms in total. The van der Waals surface area contributed by atoms with Gasteiger partial charge >= 0.3 is 17.8 Å². The molecule has 4 amide bonds. The summed E-state index contributed by atoms with van der Waals surface area (Å²) in [6, 6.07) is -1.31. The Kier molecular flexibility index (Phi) is 3.56. The van der Waals surface area contributed by atoms with Gasteiger partial charge in [0.05, 0.1) is 0 Å². The molecule has 0 aliphatic carbocycles. The van der Waals surface area contributed by atoms with Gasteiger partial charge in [-0.25, -0.2) is 14.6 Å². The van der Waals surface area contributed by atoms with Crippen LogP contribution in [0.1, 0.15) is 0 Å². The lowest BCUT2D eigenvalue weighted by molar-refractivity contribution is -0.761. The van der Waals surface area contributed by atoms with Crippen LogP contribution in [0.2, 0.25) is 0 Å². The van der Waals surface area contributed by atoms with Crippen LogP contribution in [-0.4, -0.2) is 51.3 Å². The molecule has 0 spiro atoms. The Morgan fingerprint density at radius 3 is 1.50 bits per heavy atom. The highest BCUT2D eigenvalue weighted by Gasteiger charge is 2.45. The fourth-order valence-electron chi connectivity index (χ4n) is 0.988. The van der Waals surface area contributed by atoms with E-state index in [4.69, 9.17) is 0 Å². The first kappa shape index (κ1) is 13.1. The van der Waals surface area contributed by atoms with Gasteiger partial charge in [0.25, 0.3) is 10.2 Å². The molecule has 98 valence electrons. The average Bonchev–Trinajstić information content (AvgIpc) is 2.46. The van der Waals surface area contributed by atoms with Gasteiger partial charge in [-0.15, -0.1) is 20.2 Å². The SMILES string of the molecule is O=C1C(=O)N(CO[N+](=O)[O-])C(=O)N1CO[N+](=O)[O-]. The molecule has 0 radical (unpaired) electrons. The molecule has 1 aliphatic rings. The van der Waals surface area contributed by atoms with Crippen LogP contribution in [-0.2, 0) is 19.3 Å². The standard InChI is InChI=1S/C5H4N4O9/c10-3-4(11)7(2-18-9(15)16)5(12)6(3)1-17-8(13)14/h1-2H2. The summed E-state index contributed by atoms with van der Waals surface area (Å²) in [6.45, 7) is -2.18. The summed E-state index contributed by atoms with van der Waals surface area (Å²) < 4.78 is 0. The lowest BCUT2D eigenvalue weighted by Crippen LogP contribution is -2.37. The predicted molar refractivity (Wildman–Crippen MR) is 45.0 cm³/mol. The van der Waals surface area contributed by atoms with Crippen molar-refractivity contribution in [2.45, 2.75) is 0 Å². The van der Waals surface area contributed by atoms with E-state index in [2.05, 4.69) is 9.68 Å². The number of amides is 4. The van der Waals surface area contributed by atoms with E-state index >= 15 is 0 Å². The number of carbonyl (C=O) groups excluding carboxylic acids is 3. The molecule has 18 heavy (non-hydrogen) atoms. The number of rotatable bonds is 6. The van der Waals surface area contributed by atoms with Crippen molar-refractivity contribution in [3.63, 3.8) is 0 Å². The van der Waals surface area contributed by atoms with Crippen molar-refractivity contribution in [3.05, 3.63) is 20.2 Å². The van der Waals surface area contributed by atoms with Crippen LogP contribution in [0.15, 0.2) is 0 Å². The Labute approximate surface area is 96.6 Å². The van der Waals surface area contributed by atoms with Crippen LogP contribution >= 0.6 is 0 Å². The third-order valence-corrected chi connectivity index (χ3v) is 1.72. The minimum atomic E-state index is -1.41. The lowest BCUT2D eigenvalue weighted by atomic mass is 10.5. The molecule has 1 fully saturated rings. The Morgan fingerprint density at radius 1 is 0.889 bits per heavy atom. The van der Waals surface area contributed by atoms with Gasteiger partial charge in [0.1, 0.15) is 0 Å². The third-order valence-electron chi connectivity index (χ3n) is 1.72. The van der Waals surface area contributed by atoms with Crippen LogP contribution in [0.3, 0.4) is 0 Å². The molecular formula is C5H4N4O9. The lowest BCUT2D eigenvalue weighted by Gasteiger charge is -2.12. The maximum atomic E-state index is 11.4. The number of imide groups is 2. The summed E-state index contributed by atoms with van der Waals surface area (Å²) in [5, 5.41) is 17.2. The van der Waals surface area contributed by atoms with Gasteiger partial charge in [0.2, 0.25) is 0 Å². The highest BCUT2D eigenvalue weighted by molar-refractivity contribution is 6.44. The molecule has 0 aromatic carbocycles. The van der Waals surface area contributed by atoms with Crippen molar-refractivity contribution < 1.29 is 34.2 Å². The number of hydrogen-bond acceptors (Lipinski definition) is 9. The van der Waals surface area contributed by atoms with Crippen molar-refractivity contribution in [2.24, 2.45) is 0 Å². The molecule has 0 saturated carbocycles. The topological polar surface area (TPSA) is 162 Å². The molecule has 0 aromatic heterocycles. The van der Waals surface area contributed by atoms with Crippen molar-refractivity contribution in [2.75, 3.05) is 13.5 Å². The van der Waals surface area contributed by atoms with E-state index in [-0.39, 0.29) is 9.80 Å². The molecule has 0 bridgehead atoms. The van der Waals surface area contributed by atoms with Crippen LogP contribution < -0.4 is 0 Å². The van der Waals surface area contributed by atoms with E-state index in [1.165, 1.54) is 0 Å².